The molecule has 0 unspecified atom stereocenters. The van der Waals surface area contributed by atoms with Crippen molar-refractivity contribution < 1.29 is 18.8 Å². The predicted molar refractivity (Wildman–Crippen MR) is 82.6 cm³/mol. The summed E-state index contributed by atoms with van der Waals surface area (Å²) in [6, 6.07) is 11.1. The molecule has 116 valence electrons. The first-order chi connectivity index (χ1) is 10.5. The third kappa shape index (κ3) is 4.92. The molecule has 0 aliphatic heterocycles. The zero-order valence-electron chi connectivity index (χ0n) is 12.2. The van der Waals surface area contributed by atoms with Crippen LogP contribution in [0.15, 0.2) is 45.8 Å². The van der Waals surface area contributed by atoms with E-state index < -0.39 is 17.1 Å². The zero-order chi connectivity index (χ0) is 15.9. The maximum absolute atomic E-state index is 11.9. The molecule has 22 heavy (non-hydrogen) atoms. The second kappa shape index (κ2) is 7.65. The standard InChI is InChI=1S/C15H16N2O4S/c1-10-8-13(17-21-10)16-14(18)9-20-15(19)11(2)22-12-6-4-3-5-7-12/h3-8,11H,9H2,1-2H3,(H,16,17,18)/t11-/m1/s1. The summed E-state index contributed by atoms with van der Waals surface area (Å²) in [5, 5.41) is 5.70. The second-order valence-electron chi connectivity index (χ2n) is 4.55. The van der Waals surface area contributed by atoms with Crippen molar-refractivity contribution in [3.05, 3.63) is 42.2 Å². The van der Waals surface area contributed by atoms with E-state index in [1.54, 1.807) is 19.9 Å². The van der Waals surface area contributed by atoms with Crippen molar-refractivity contribution in [2.75, 3.05) is 11.9 Å². The zero-order valence-corrected chi connectivity index (χ0v) is 13.1. The highest BCUT2D eigenvalue weighted by Gasteiger charge is 2.17. The summed E-state index contributed by atoms with van der Waals surface area (Å²) in [6.07, 6.45) is 0. The van der Waals surface area contributed by atoms with Crippen LogP contribution in [0.3, 0.4) is 0 Å². The van der Waals surface area contributed by atoms with Crippen molar-refractivity contribution in [3.8, 4) is 0 Å². The lowest BCUT2D eigenvalue weighted by Gasteiger charge is -2.10. The van der Waals surface area contributed by atoms with Crippen LogP contribution in [0.4, 0.5) is 5.82 Å². The number of carbonyl (C=O) groups is 2. The Hall–Kier alpha value is -2.28. The number of hydrogen-bond donors (Lipinski definition) is 1. The number of thioether (sulfide) groups is 1. The molecular weight excluding hydrogens is 304 g/mol. The Labute approximate surface area is 132 Å². The molecule has 0 saturated carbocycles. The summed E-state index contributed by atoms with van der Waals surface area (Å²) in [6.45, 7) is 3.09. The highest BCUT2D eigenvalue weighted by molar-refractivity contribution is 8.00. The number of aryl methyl sites for hydroxylation is 1. The third-order valence-electron chi connectivity index (χ3n) is 2.63. The van der Waals surface area contributed by atoms with Gasteiger partial charge in [-0.25, -0.2) is 0 Å². The van der Waals surface area contributed by atoms with E-state index >= 15 is 0 Å². The van der Waals surface area contributed by atoms with Crippen molar-refractivity contribution in [3.63, 3.8) is 0 Å². The quantitative estimate of drug-likeness (QED) is 0.651. The molecule has 1 atom stereocenters. The molecule has 0 aliphatic carbocycles. The van der Waals surface area contributed by atoms with E-state index in [1.807, 2.05) is 30.3 Å². The molecule has 0 aliphatic rings. The lowest BCUT2D eigenvalue weighted by molar-refractivity contribution is -0.146. The van der Waals surface area contributed by atoms with Crippen LogP contribution in [0.2, 0.25) is 0 Å². The van der Waals surface area contributed by atoms with Gasteiger partial charge in [0.1, 0.15) is 11.0 Å². The number of nitrogens with zero attached hydrogens (tertiary/aromatic N) is 1. The van der Waals surface area contributed by atoms with E-state index in [-0.39, 0.29) is 6.61 Å². The Morgan fingerprint density at radius 3 is 2.73 bits per heavy atom. The number of rotatable bonds is 6. The molecule has 1 amide bonds. The second-order valence-corrected chi connectivity index (χ2v) is 5.97. The molecular formula is C15H16N2O4S. The Bertz CT molecular complexity index is 642. The van der Waals surface area contributed by atoms with Gasteiger partial charge in [-0.2, -0.15) is 0 Å². The number of aromatic nitrogens is 1. The summed E-state index contributed by atoms with van der Waals surface area (Å²) in [4.78, 5) is 24.4. The molecule has 6 nitrogen and oxygen atoms in total. The fourth-order valence-electron chi connectivity index (χ4n) is 1.61. The molecule has 7 heteroatoms. The summed E-state index contributed by atoms with van der Waals surface area (Å²) in [5.41, 5.74) is 0. The molecule has 0 fully saturated rings. The normalized spacial score (nSPS) is 11.7. The van der Waals surface area contributed by atoms with Gasteiger partial charge in [-0.1, -0.05) is 23.4 Å². The van der Waals surface area contributed by atoms with Gasteiger partial charge in [-0.15, -0.1) is 11.8 Å². The predicted octanol–water partition coefficient (Wildman–Crippen LogP) is 2.65. The van der Waals surface area contributed by atoms with Crippen molar-refractivity contribution in [2.24, 2.45) is 0 Å². The topological polar surface area (TPSA) is 81.4 Å². The number of hydrogen-bond acceptors (Lipinski definition) is 6. The Morgan fingerprint density at radius 1 is 1.36 bits per heavy atom. The average molecular weight is 320 g/mol. The van der Waals surface area contributed by atoms with E-state index in [4.69, 9.17) is 9.26 Å². The van der Waals surface area contributed by atoms with Crippen LogP contribution in [0, 0.1) is 6.92 Å². The summed E-state index contributed by atoms with van der Waals surface area (Å²) in [7, 11) is 0. The first kappa shape index (κ1) is 16.1. The number of benzene rings is 1. The van der Waals surface area contributed by atoms with Gasteiger partial charge in [0.15, 0.2) is 12.4 Å². The molecule has 1 heterocycles. The Balaban J connectivity index is 1.75. The van der Waals surface area contributed by atoms with Gasteiger partial charge < -0.3 is 14.6 Å². The lowest BCUT2D eigenvalue weighted by atomic mass is 10.4. The number of esters is 1. The largest absolute Gasteiger partial charge is 0.455 e. The third-order valence-corrected chi connectivity index (χ3v) is 3.72. The summed E-state index contributed by atoms with van der Waals surface area (Å²) in [5.74, 6) is -0.0238. The Kier molecular flexibility index (Phi) is 5.60. The maximum atomic E-state index is 11.9. The van der Waals surface area contributed by atoms with Crippen molar-refractivity contribution in [1.82, 2.24) is 5.16 Å². The van der Waals surface area contributed by atoms with E-state index in [2.05, 4.69) is 10.5 Å². The highest BCUT2D eigenvalue weighted by atomic mass is 32.2. The van der Waals surface area contributed by atoms with E-state index in [0.717, 1.165) is 4.90 Å². The molecule has 0 bridgehead atoms. The number of ether oxygens (including phenoxy) is 1. The minimum Gasteiger partial charge on any atom is -0.455 e. The molecule has 0 saturated heterocycles. The van der Waals surface area contributed by atoms with Crippen LogP contribution >= 0.6 is 11.8 Å². The van der Waals surface area contributed by atoms with Gasteiger partial charge in [0.25, 0.3) is 5.91 Å². The van der Waals surface area contributed by atoms with Crippen LogP contribution in [0.5, 0.6) is 0 Å². The fourth-order valence-corrected chi connectivity index (χ4v) is 2.50. The summed E-state index contributed by atoms with van der Waals surface area (Å²) >= 11 is 1.38. The molecule has 2 rings (SSSR count). The molecule has 0 radical (unpaired) electrons. The van der Waals surface area contributed by atoms with Crippen LogP contribution < -0.4 is 5.32 Å². The van der Waals surface area contributed by atoms with Crippen molar-refractivity contribution in [2.45, 2.75) is 24.0 Å². The Morgan fingerprint density at radius 2 is 2.09 bits per heavy atom. The van der Waals surface area contributed by atoms with Gasteiger partial charge in [-0.05, 0) is 26.0 Å². The molecule has 0 spiro atoms. The average Bonchev–Trinajstić information content (AvgIpc) is 2.90. The van der Waals surface area contributed by atoms with E-state index in [0.29, 0.717) is 11.6 Å². The minimum atomic E-state index is -0.460. The van der Waals surface area contributed by atoms with Crippen LogP contribution in [0.25, 0.3) is 0 Å². The van der Waals surface area contributed by atoms with Crippen LogP contribution in [-0.4, -0.2) is 28.9 Å². The lowest BCUT2D eigenvalue weighted by Crippen LogP contribution is -2.24. The smallest absolute Gasteiger partial charge is 0.319 e. The molecule has 1 aromatic heterocycles. The fraction of sp³-hybridized carbons (Fsp3) is 0.267. The number of anilines is 1. The van der Waals surface area contributed by atoms with E-state index in [9.17, 15) is 9.59 Å². The van der Waals surface area contributed by atoms with Crippen LogP contribution in [-0.2, 0) is 14.3 Å². The summed E-state index contributed by atoms with van der Waals surface area (Å²) < 4.78 is 9.81. The molecule has 1 N–H and O–H groups in total. The first-order valence-corrected chi connectivity index (χ1v) is 7.54. The minimum absolute atomic E-state index is 0.297. The van der Waals surface area contributed by atoms with Gasteiger partial charge >= 0.3 is 5.97 Å². The van der Waals surface area contributed by atoms with E-state index in [1.165, 1.54) is 11.8 Å². The van der Waals surface area contributed by atoms with Crippen molar-refractivity contribution in [1.29, 1.82) is 0 Å². The molecule has 2 aromatic rings. The van der Waals surface area contributed by atoms with Crippen LogP contribution in [0.1, 0.15) is 12.7 Å². The van der Waals surface area contributed by atoms with Gasteiger partial charge in [-0.3, -0.25) is 9.59 Å². The number of carbonyl (C=O) groups excluding carboxylic acids is 2. The van der Waals surface area contributed by atoms with Crippen molar-refractivity contribution >= 4 is 29.5 Å². The maximum Gasteiger partial charge on any atom is 0.319 e. The number of amides is 1. The monoisotopic (exact) mass is 320 g/mol. The SMILES string of the molecule is Cc1cc(NC(=O)COC(=O)[C@@H](C)Sc2ccccc2)no1. The molecule has 1 aromatic carbocycles. The van der Waals surface area contributed by atoms with Gasteiger partial charge in [0, 0.05) is 11.0 Å². The first-order valence-electron chi connectivity index (χ1n) is 6.66. The van der Waals surface area contributed by atoms with Gasteiger partial charge in [0.2, 0.25) is 0 Å². The number of nitrogens with one attached hydrogen (secondary N) is 1. The van der Waals surface area contributed by atoms with Gasteiger partial charge in [0.05, 0.1) is 0 Å². The highest BCUT2D eigenvalue weighted by Crippen LogP contribution is 2.23.